The van der Waals surface area contributed by atoms with E-state index in [1.165, 1.54) is 47.8 Å². The summed E-state index contributed by atoms with van der Waals surface area (Å²) in [5.41, 5.74) is 0.214. The van der Waals surface area contributed by atoms with Gasteiger partial charge in [-0.05, 0) is 74.2 Å². The van der Waals surface area contributed by atoms with Crippen molar-refractivity contribution < 1.29 is 4.43 Å². The summed E-state index contributed by atoms with van der Waals surface area (Å²) < 4.78 is 6.42. The van der Waals surface area contributed by atoms with Gasteiger partial charge in [-0.2, -0.15) is 0 Å². The molecule has 0 fully saturated rings. The molecule has 0 heterocycles. The van der Waals surface area contributed by atoms with Crippen LogP contribution in [0, 0.1) is 5.41 Å². The van der Waals surface area contributed by atoms with Gasteiger partial charge in [0.15, 0.2) is 9.04 Å². The number of hydrogen-bond donors (Lipinski definition) is 0. The van der Waals surface area contributed by atoms with E-state index in [9.17, 15) is 0 Å². The Morgan fingerprint density at radius 2 is 1.09 bits per heavy atom. The van der Waals surface area contributed by atoms with E-state index < -0.39 is 16.3 Å². The summed E-state index contributed by atoms with van der Waals surface area (Å²) in [7, 11) is -2.73. The molecule has 3 heteroatoms. The lowest BCUT2D eigenvalue weighted by Crippen LogP contribution is -2.34. The fourth-order valence-electron chi connectivity index (χ4n) is 4.77. The molecule has 0 radical (unpaired) electrons. The minimum atomic E-state index is -1.70. The van der Waals surface area contributed by atoms with Crippen LogP contribution in [0.1, 0.15) is 46.5 Å². The average Bonchev–Trinajstić information content (AvgIpc) is 2.81. The monoisotopic (exact) mass is 477 g/mol. The zero-order valence-electron chi connectivity index (χ0n) is 21.2. The van der Waals surface area contributed by atoms with Gasteiger partial charge in [-0.15, -0.1) is 0 Å². The third-order valence-corrected chi connectivity index (χ3v) is 11.9. The number of benzene rings is 3. The molecule has 0 aliphatic heterocycles. The minimum absolute atomic E-state index is 0.214. The lowest BCUT2D eigenvalue weighted by atomic mass is 9.86. The van der Waals surface area contributed by atoms with Crippen molar-refractivity contribution in [2.75, 3.05) is 6.16 Å². The number of rotatable bonds is 11. The maximum absolute atomic E-state index is 6.42. The molecule has 33 heavy (non-hydrogen) atoms. The molecule has 0 saturated carbocycles. The van der Waals surface area contributed by atoms with Gasteiger partial charge in [-0.25, -0.2) is 0 Å². The normalized spacial score (nSPS) is 13.3. The lowest BCUT2D eigenvalue weighted by molar-refractivity contribution is 0.0761. The van der Waals surface area contributed by atoms with E-state index in [0.717, 1.165) is 0 Å². The standard InChI is InChI=1S/C30H42OPSi/c1-30(2,3)29(31-33(4)5)24-16-9-17-25-32(26-18-10-6-11-19-26,27-20-12-7-13-21-27)28-22-14-8-15-23-28/h6-8,10-15,18-23,29,33H,9,16-17,24-25H2,1-5H3/q+1. The van der Waals surface area contributed by atoms with Crippen LogP contribution in [0.3, 0.4) is 0 Å². The molecule has 0 bridgehead atoms. The van der Waals surface area contributed by atoms with E-state index in [-0.39, 0.29) is 5.41 Å². The fourth-order valence-corrected chi connectivity index (χ4v) is 10.4. The molecule has 0 amide bonds. The molecule has 0 spiro atoms. The van der Waals surface area contributed by atoms with E-state index >= 15 is 0 Å². The molecule has 0 aliphatic rings. The van der Waals surface area contributed by atoms with Crippen molar-refractivity contribution in [3.63, 3.8) is 0 Å². The van der Waals surface area contributed by atoms with Crippen molar-refractivity contribution in [3.8, 4) is 0 Å². The SMILES string of the molecule is C[SiH](C)OC(CCCCC[P+](c1ccccc1)(c1ccccc1)c1ccccc1)C(C)(C)C. The molecule has 3 rings (SSSR count). The maximum atomic E-state index is 6.42. The summed E-state index contributed by atoms with van der Waals surface area (Å²) in [5.74, 6) is 0. The molecule has 3 aromatic rings. The van der Waals surface area contributed by atoms with Crippen LogP contribution in [0.2, 0.25) is 13.1 Å². The third-order valence-electron chi connectivity index (χ3n) is 6.45. The van der Waals surface area contributed by atoms with Crippen LogP contribution < -0.4 is 15.9 Å². The van der Waals surface area contributed by atoms with Gasteiger partial charge >= 0.3 is 0 Å². The van der Waals surface area contributed by atoms with Gasteiger partial charge in [-0.1, -0.05) is 81.8 Å². The number of hydrogen-bond acceptors (Lipinski definition) is 1. The van der Waals surface area contributed by atoms with Crippen molar-refractivity contribution in [2.24, 2.45) is 5.41 Å². The van der Waals surface area contributed by atoms with Crippen molar-refractivity contribution in [1.29, 1.82) is 0 Å². The molecule has 1 atom stereocenters. The molecule has 3 aromatic carbocycles. The summed E-state index contributed by atoms with van der Waals surface area (Å²) in [5, 5.41) is 4.47. The van der Waals surface area contributed by atoms with Crippen LogP contribution in [0.15, 0.2) is 91.0 Å². The van der Waals surface area contributed by atoms with Crippen LogP contribution >= 0.6 is 7.26 Å². The van der Waals surface area contributed by atoms with Gasteiger partial charge in [0.05, 0.1) is 6.16 Å². The van der Waals surface area contributed by atoms with E-state index in [2.05, 4.69) is 125 Å². The van der Waals surface area contributed by atoms with Crippen LogP contribution in [-0.2, 0) is 4.43 Å². The van der Waals surface area contributed by atoms with Crippen molar-refractivity contribution in [2.45, 2.75) is 65.7 Å². The average molecular weight is 478 g/mol. The highest BCUT2D eigenvalue weighted by Crippen LogP contribution is 2.56. The molecule has 0 aliphatic carbocycles. The second-order valence-corrected chi connectivity index (χ2v) is 16.4. The van der Waals surface area contributed by atoms with E-state index in [0.29, 0.717) is 6.10 Å². The molecule has 176 valence electrons. The molecule has 0 N–H and O–H groups in total. The van der Waals surface area contributed by atoms with Crippen molar-refractivity contribution >= 4 is 32.2 Å². The predicted molar refractivity (Wildman–Crippen MR) is 152 cm³/mol. The molecule has 0 saturated heterocycles. The Labute approximate surface area is 204 Å². The quantitative estimate of drug-likeness (QED) is 0.165. The second-order valence-electron chi connectivity index (χ2n) is 10.4. The van der Waals surface area contributed by atoms with Crippen LogP contribution in [0.25, 0.3) is 0 Å². The fraction of sp³-hybridized carbons (Fsp3) is 0.400. The zero-order chi connectivity index (χ0) is 23.7. The highest BCUT2D eigenvalue weighted by Gasteiger charge is 2.44. The summed E-state index contributed by atoms with van der Waals surface area (Å²) in [6.45, 7) is 11.6. The van der Waals surface area contributed by atoms with Crippen molar-refractivity contribution in [1.82, 2.24) is 0 Å². The van der Waals surface area contributed by atoms with E-state index in [1.807, 2.05) is 0 Å². The van der Waals surface area contributed by atoms with Gasteiger partial charge in [0.2, 0.25) is 0 Å². The Morgan fingerprint density at radius 3 is 1.45 bits per heavy atom. The Hall–Kier alpha value is -1.73. The highest BCUT2D eigenvalue weighted by atomic mass is 31.2. The predicted octanol–water partition coefficient (Wildman–Crippen LogP) is 6.96. The van der Waals surface area contributed by atoms with Gasteiger partial charge in [-0.3, -0.25) is 0 Å². The Kier molecular flexibility index (Phi) is 9.50. The Bertz CT molecular complexity index is 839. The Balaban J connectivity index is 1.83. The van der Waals surface area contributed by atoms with Gasteiger partial charge in [0, 0.05) is 6.10 Å². The minimum Gasteiger partial charge on any atom is -0.417 e. The van der Waals surface area contributed by atoms with Gasteiger partial charge < -0.3 is 4.43 Å². The smallest absolute Gasteiger partial charge is 0.171 e. The van der Waals surface area contributed by atoms with Crippen LogP contribution in [0.4, 0.5) is 0 Å². The maximum Gasteiger partial charge on any atom is 0.171 e. The van der Waals surface area contributed by atoms with Gasteiger partial charge in [0.1, 0.15) is 23.2 Å². The summed E-state index contributed by atoms with van der Waals surface area (Å²) in [4.78, 5) is 0. The number of unbranched alkanes of at least 4 members (excludes halogenated alkanes) is 2. The molecule has 0 aromatic heterocycles. The molecule has 1 nitrogen and oxygen atoms in total. The van der Waals surface area contributed by atoms with Crippen molar-refractivity contribution in [3.05, 3.63) is 91.0 Å². The largest absolute Gasteiger partial charge is 0.417 e. The third kappa shape index (κ3) is 6.88. The highest BCUT2D eigenvalue weighted by molar-refractivity contribution is 7.95. The summed E-state index contributed by atoms with van der Waals surface area (Å²) in [6.07, 6.45) is 6.49. The van der Waals surface area contributed by atoms with Crippen LogP contribution in [0.5, 0.6) is 0 Å². The zero-order valence-corrected chi connectivity index (χ0v) is 23.3. The first-order chi connectivity index (χ1) is 15.8. The molecular formula is C30H42OPSi+. The first-order valence-electron chi connectivity index (χ1n) is 12.5. The summed E-state index contributed by atoms with van der Waals surface area (Å²) >= 11 is 0. The topological polar surface area (TPSA) is 9.23 Å². The second kappa shape index (κ2) is 12.1. The van der Waals surface area contributed by atoms with E-state index in [1.54, 1.807) is 0 Å². The first-order valence-corrected chi connectivity index (χ1v) is 17.3. The van der Waals surface area contributed by atoms with Crippen LogP contribution in [-0.4, -0.2) is 21.3 Å². The van der Waals surface area contributed by atoms with E-state index in [4.69, 9.17) is 4.43 Å². The lowest BCUT2D eigenvalue weighted by Gasteiger charge is -2.33. The first kappa shape index (κ1) is 25.9. The van der Waals surface area contributed by atoms with Gasteiger partial charge in [0.25, 0.3) is 0 Å². The molecular weight excluding hydrogens is 435 g/mol. The summed E-state index contributed by atoms with van der Waals surface area (Å²) in [6, 6.07) is 33.8. The Morgan fingerprint density at radius 1 is 0.667 bits per heavy atom. The molecule has 1 unspecified atom stereocenters.